The summed E-state index contributed by atoms with van der Waals surface area (Å²) in [5.41, 5.74) is 0. The maximum atomic E-state index is 5.82. The average Bonchev–Trinajstić information content (AvgIpc) is 2.68. The van der Waals surface area contributed by atoms with E-state index in [0.717, 1.165) is 19.3 Å². The highest BCUT2D eigenvalue weighted by molar-refractivity contribution is 6.66. The van der Waals surface area contributed by atoms with E-state index >= 15 is 0 Å². The minimum Gasteiger partial charge on any atom is -0.395 e. The monoisotopic (exact) mass is 231 g/mol. The van der Waals surface area contributed by atoms with Gasteiger partial charge in [0.1, 0.15) is 0 Å². The van der Waals surface area contributed by atoms with E-state index in [1.165, 1.54) is 25.8 Å². The van der Waals surface area contributed by atoms with Crippen LogP contribution in [0.1, 0.15) is 33.1 Å². The smallest absolute Gasteiger partial charge is 0.334 e. The van der Waals surface area contributed by atoms with Crippen LogP contribution in [0.4, 0.5) is 0 Å². The Morgan fingerprint density at radius 2 is 1.93 bits per heavy atom. The average molecular weight is 231 g/mol. The Morgan fingerprint density at radius 3 is 2.40 bits per heavy atom. The van der Waals surface area contributed by atoms with E-state index in [2.05, 4.69) is 25.7 Å². The summed E-state index contributed by atoms with van der Waals surface area (Å²) >= 11 is 0. The summed E-state index contributed by atoms with van der Waals surface area (Å²) in [4.78, 5) is 0. The maximum Gasteiger partial charge on any atom is 0.334 e. The third-order valence-electron chi connectivity index (χ3n) is 3.01. The van der Waals surface area contributed by atoms with E-state index in [-0.39, 0.29) is 0 Å². The fourth-order valence-electron chi connectivity index (χ4n) is 2.24. The van der Waals surface area contributed by atoms with Gasteiger partial charge in [-0.05, 0) is 52.2 Å². The van der Waals surface area contributed by atoms with E-state index in [9.17, 15) is 0 Å². The molecule has 0 bridgehead atoms. The van der Waals surface area contributed by atoms with Crippen LogP contribution < -0.4 is 5.32 Å². The highest BCUT2D eigenvalue weighted by Gasteiger charge is 2.31. The molecule has 1 rings (SSSR count). The zero-order chi connectivity index (χ0) is 11.1. The van der Waals surface area contributed by atoms with E-state index in [1.807, 2.05) is 0 Å². The van der Waals surface area contributed by atoms with Gasteiger partial charge >= 0.3 is 8.56 Å². The summed E-state index contributed by atoms with van der Waals surface area (Å²) in [6.45, 7) is 9.04. The molecular weight excluding hydrogens is 206 g/mol. The van der Waals surface area contributed by atoms with Crippen molar-refractivity contribution in [3.05, 3.63) is 0 Å². The summed E-state index contributed by atoms with van der Waals surface area (Å²) in [7, 11) is -1.86. The van der Waals surface area contributed by atoms with Crippen molar-refractivity contribution in [3.8, 4) is 0 Å². The molecule has 1 aliphatic heterocycles. The van der Waals surface area contributed by atoms with Crippen molar-refractivity contribution in [1.82, 2.24) is 5.32 Å². The molecule has 1 unspecified atom stereocenters. The molecule has 0 radical (unpaired) electrons. The number of hydrogen-bond donors (Lipinski definition) is 1. The second-order valence-corrected chi connectivity index (χ2v) is 7.68. The van der Waals surface area contributed by atoms with Crippen molar-refractivity contribution < 1.29 is 8.85 Å². The molecule has 1 atom stereocenters. The lowest BCUT2D eigenvalue weighted by atomic mass is 10.2. The quantitative estimate of drug-likeness (QED) is 0.682. The third-order valence-corrected chi connectivity index (χ3v) is 6.00. The van der Waals surface area contributed by atoms with Crippen LogP contribution >= 0.6 is 0 Å². The van der Waals surface area contributed by atoms with Crippen molar-refractivity contribution in [3.63, 3.8) is 0 Å². The zero-order valence-corrected chi connectivity index (χ0v) is 11.3. The van der Waals surface area contributed by atoms with Gasteiger partial charge in [0.05, 0.1) is 0 Å². The molecule has 15 heavy (non-hydrogen) atoms. The molecule has 1 aliphatic rings. The summed E-state index contributed by atoms with van der Waals surface area (Å²) in [5.74, 6) is 0. The Bertz CT molecular complexity index is 166. The molecule has 1 heterocycles. The summed E-state index contributed by atoms with van der Waals surface area (Å²) < 4.78 is 11.6. The van der Waals surface area contributed by atoms with Crippen LogP contribution in [-0.4, -0.2) is 34.4 Å². The van der Waals surface area contributed by atoms with Crippen molar-refractivity contribution in [2.24, 2.45) is 0 Å². The molecule has 1 fully saturated rings. The first-order valence-electron chi connectivity index (χ1n) is 6.21. The molecule has 0 aromatic carbocycles. The first-order valence-corrected chi connectivity index (χ1v) is 8.74. The van der Waals surface area contributed by atoms with Crippen molar-refractivity contribution in [2.75, 3.05) is 19.8 Å². The molecule has 0 aromatic rings. The second kappa shape index (κ2) is 6.63. The Hall–Kier alpha value is 0.0969. The predicted molar refractivity (Wildman–Crippen MR) is 65.3 cm³/mol. The van der Waals surface area contributed by atoms with Gasteiger partial charge in [-0.2, -0.15) is 0 Å². The van der Waals surface area contributed by atoms with Crippen LogP contribution in [0.5, 0.6) is 0 Å². The molecule has 0 spiro atoms. The normalized spacial score (nSPS) is 22.2. The van der Waals surface area contributed by atoms with Gasteiger partial charge in [0.25, 0.3) is 0 Å². The van der Waals surface area contributed by atoms with Crippen LogP contribution in [0.2, 0.25) is 12.6 Å². The minimum atomic E-state index is -1.86. The molecule has 0 amide bonds. The highest BCUT2D eigenvalue weighted by Crippen LogP contribution is 2.20. The molecule has 3 nitrogen and oxygen atoms in total. The van der Waals surface area contributed by atoms with Crippen LogP contribution in [0.15, 0.2) is 0 Å². The third kappa shape index (κ3) is 4.63. The topological polar surface area (TPSA) is 30.5 Å². The fraction of sp³-hybridized carbons (Fsp3) is 1.00. The zero-order valence-electron chi connectivity index (χ0n) is 10.3. The number of nitrogens with one attached hydrogen (secondary N) is 1. The standard InChI is InChI=1S/C11H25NO2Si/c1-4-13-15(3,14-5-2)10-8-11-7-6-9-12-11/h11-12H,4-10H2,1-3H3. The Labute approximate surface area is 94.8 Å². The fourth-order valence-corrected chi connectivity index (χ4v) is 4.70. The van der Waals surface area contributed by atoms with Gasteiger partial charge in [0, 0.05) is 19.3 Å². The van der Waals surface area contributed by atoms with Gasteiger partial charge in [0.2, 0.25) is 0 Å². The Kier molecular flexibility index (Phi) is 5.82. The van der Waals surface area contributed by atoms with Gasteiger partial charge in [-0.25, -0.2) is 0 Å². The molecule has 0 saturated carbocycles. The summed E-state index contributed by atoms with van der Waals surface area (Å²) in [6.07, 6.45) is 3.86. The van der Waals surface area contributed by atoms with Crippen molar-refractivity contribution in [2.45, 2.75) is 51.7 Å². The number of rotatable bonds is 7. The first-order chi connectivity index (χ1) is 7.20. The van der Waals surface area contributed by atoms with E-state index < -0.39 is 8.56 Å². The van der Waals surface area contributed by atoms with Crippen LogP contribution in [-0.2, 0) is 8.85 Å². The van der Waals surface area contributed by atoms with Crippen molar-refractivity contribution in [1.29, 1.82) is 0 Å². The number of hydrogen-bond acceptors (Lipinski definition) is 3. The lowest BCUT2D eigenvalue weighted by Gasteiger charge is -2.27. The van der Waals surface area contributed by atoms with E-state index in [0.29, 0.717) is 6.04 Å². The highest BCUT2D eigenvalue weighted by atomic mass is 28.4. The molecule has 4 heteroatoms. The Balaban J connectivity index is 2.29. The molecule has 1 N–H and O–H groups in total. The lowest BCUT2D eigenvalue weighted by Crippen LogP contribution is -2.40. The van der Waals surface area contributed by atoms with Gasteiger partial charge in [0.15, 0.2) is 0 Å². The van der Waals surface area contributed by atoms with Crippen LogP contribution in [0.25, 0.3) is 0 Å². The van der Waals surface area contributed by atoms with Crippen LogP contribution in [0, 0.1) is 0 Å². The Morgan fingerprint density at radius 1 is 1.27 bits per heavy atom. The molecule has 90 valence electrons. The van der Waals surface area contributed by atoms with Crippen LogP contribution in [0.3, 0.4) is 0 Å². The van der Waals surface area contributed by atoms with Crippen molar-refractivity contribution >= 4 is 8.56 Å². The first kappa shape index (κ1) is 13.2. The van der Waals surface area contributed by atoms with Gasteiger partial charge < -0.3 is 14.2 Å². The van der Waals surface area contributed by atoms with E-state index in [1.54, 1.807) is 0 Å². The molecule has 0 aliphatic carbocycles. The molecular formula is C11H25NO2Si. The van der Waals surface area contributed by atoms with Gasteiger partial charge in [-0.3, -0.25) is 0 Å². The largest absolute Gasteiger partial charge is 0.395 e. The second-order valence-electron chi connectivity index (χ2n) is 4.33. The lowest BCUT2D eigenvalue weighted by molar-refractivity contribution is 0.187. The minimum absolute atomic E-state index is 0.706. The summed E-state index contributed by atoms with van der Waals surface area (Å²) in [5, 5.41) is 3.52. The molecule has 1 saturated heterocycles. The SMILES string of the molecule is CCO[Si](C)(CCC1CCCN1)OCC. The predicted octanol–water partition coefficient (Wildman–Crippen LogP) is 2.27. The maximum absolute atomic E-state index is 5.82. The van der Waals surface area contributed by atoms with Gasteiger partial charge in [-0.15, -0.1) is 0 Å². The summed E-state index contributed by atoms with van der Waals surface area (Å²) in [6, 6.07) is 1.82. The van der Waals surface area contributed by atoms with Gasteiger partial charge in [-0.1, -0.05) is 0 Å². The van der Waals surface area contributed by atoms with E-state index in [4.69, 9.17) is 8.85 Å². The molecule has 0 aromatic heterocycles.